The first-order valence-corrected chi connectivity index (χ1v) is 5.20. The number of para-hydroxylation sites is 1. The molecular formula is C11H13N3O. The van der Waals surface area contributed by atoms with E-state index in [0.717, 1.165) is 36.2 Å². The van der Waals surface area contributed by atoms with Gasteiger partial charge < -0.3 is 10.1 Å². The zero-order valence-corrected chi connectivity index (χ0v) is 8.36. The third-order valence-electron chi connectivity index (χ3n) is 2.77. The van der Waals surface area contributed by atoms with Crippen molar-refractivity contribution in [2.24, 2.45) is 0 Å². The SMILES string of the molecule is c1cc(NC2CCOC2)c2[nH]ncc2c1. The molecule has 1 aromatic heterocycles. The predicted molar refractivity (Wildman–Crippen MR) is 58.9 cm³/mol. The molecule has 1 fully saturated rings. The summed E-state index contributed by atoms with van der Waals surface area (Å²) >= 11 is 0. The van der Waals surface area contributed by atoms with Crippen molar-refractivity contribution >= 4 is 16.6 Å². The number of hydrogen-bond donors (Lipinski definition) is 2. The first-order chi connectivity index (χ1) is 7.43. The highest BCUT2D eigenvalue weighted by molar-refractivity contribution is 5.89. The van der Waals surface area contributed by atoms with Crippen LogP contribution in [0.4, 0.5) is 5.69 Å². The maximum absolute atomic E-state index is 5.33. The van der Waals surface area contributed by atoms with Gasteiger partial charge in [-0.25, -0.2) is 0 Å². The largest absolute Gasteiger partial charge is 0.379 e. The van der Waals surface area contributed by atoms with Crippen LogP contribution in [0, 0.1) is 0 Å². The predicted octanol–water partition coefficient (Wildman–Crippen LogP) is 1.76. The Hall–Kier alpha value is -1.55. The third-order valence-corrected chi connectivity index (χ3v) is 2.77. The average molecular weight is 203 g/mol. The molecular weight excluding hydrogens is 190 g/mol. The number of fused-ring (bicyclic) bond motifs is 1. The topological polar surface area (TPSA) is 49.9 Å². The van der Waals surface area contributed by atoms with Gasteiger partial charge in [0.2, 0.25) is 0 Å². The van der Waals surface area contributed by atoms with Crippen LogP contribution < -0.4 is 5.32 Å². The van der Waals surface area contributed by atoms with Gasteiger partial charge in [-0.15, -0.1) is 0 Å². The number of aromatic nitrogens is 2. The average Bonchev–Trinajstić information content (AvgIpc) is 2.87. The number of aromatic amines is 1. The summed E-state index contributed by atoms with van der Waals surface area (Å²) in [6.45, 7) is 1.65. The van der Waals surface area contributed by atoms with Crippen molar-refractivity contribution in [2.75, 3.05) is 18.5 Å². The molecule has 0 spiro atoms. The van der Waals surface area contributed by atoms with Crippen LogP contribution in [0.3, 0.4) is 0 Å². The van der Waals surface area contributed by atoms with E-state index in [0.29, 0.717) is 6.04 Å². The van der Waals surface area contributed by atoms with E-state index >= 15 is 0 Å². The lowest BCUT2D eigenvalue weighted by Gasteiger charge is -2.12. The van der Waals surface area contributed by atoms with Gasteiger partial charge in [-0.3, -0.25) is 5.10 Å². The number of hydrogen-bond acceptors (Lipinski definition) is 3. The number of ether oxygens (including phenoxy) is 1. The summed E-state index contributed by atoms with van der Waals surface area (Å²) in [6.07, 6.45) is 2.91. The molecule has 2 N–H and O–H groups in total. The van der Waals surface area contributed by atoms with Crippen LogP contribution in [0.5, 0.6) is 0 Å². The molecule has 1 aliphatic heterocycles. The van der Waals surface area contributed by atoms with Crippen LogP contribution in [-0.2, 0) is 4.74 Å². The summed E-state index contributed by atoms with van der Waals surface area (Å²) in [4.78, 5) is 0. The highest BCUT2D eigenvalue weighted by Crippen LogP contribution is 2.22. The molecule has 0 aliphatic carbocycles. The quantitative estimate of drug-likeness (QED) is 0.782. The lowest BCUT2D eigenvalue weighted by molar-refractivity contribution is 0.195. The molecule has 1 saturated heterocycles. The van der Waals surface area contributed by atoms with Crippen molar-refractivity contribution in [3.05, 3.63) is 24.4 Å². The number of nitrogens with zero attached hydrogens (tertiary/aromatic N) is 1. The van der Waals surface area contributed by atoms with Gasteiger partial charge in [0.1, 0.15) is 0 Å². The molecule has 4 heteroatoms. The number of nitrogens with one attached hydrogen (secondary N) is 2. The van der Waals surface area contributed by atoms with E-state index in [1.54, 1.807) is 0 Å². The first-order valence-electron chi connectivity index (χ1n) is 5.20. The molecule has 2 heterocycles. The molecule has 0 amide bonds. The first kappa shape index (κ1) is 8.73. The Morgan fingerprint density at radius 2 is 2.47 bits per heavy atom. The van der Waals surface area contributed by atoms with E-state index in [9.17, 15) is 0 Å². The van der Waals surface area contributed by atoms with Crippen molar-refractivity contribution < 1.29 is 4.74 Å². The molecule has 1 aliphatic rings. The fourth-order valence-corrected chi connectivity index (χ4v) is 1.96. The van der Waals surface area contributed by atoms with Crippen molar-refractivity contribution in [3.63, 3.8) is 0 Å². The highest BCUT2D eigenvalue weighted by Gasteiger charge is 2.16. The van der Waals surface area contributed by atoms with E-state index in [4.69, 9.17) is 4.74 Å². The zero-order valence-electron chi connectivity index (χ0n) is 8.36. The lowest BCUT2D eigenvalue weighted by Crippen LogP contribution is -2.18. The normalized spacial score (nSPS) is 20.9. The summed E-state index contributed by atoms with van der Waals surface area (Å²) in [5, 5.41) is 11.7. The summed E-state index contributed by atoms with van der Waals surface area (Å²) in [6, 6.07) is 6.59. The Morgan fingerprint density at radius 3 is 3.33 bits per heavy atom. The highest BCUT2D eigenvalue weighted by atomic mass is 16.5. The van der Waals surface area contributed by atoms with Crippen LogP contribution in [-0.4, -0.2) is 29.5 Å². The van der Waals surface area contributed by atoms with Gasteiger partial charge in [0, 0.05) is 12.0 Å². The van der Waals surface area contributed by atoms with Crippen LogP contribution >= 0.6 is 0 Å². The molecule has 1 unspecified atom stereocenters. The van der Waals surface area contributed by atoms with Crippen LogP contribution in [0.15, 0.2) is 24.4 Å². The molecule has 1 atom stereocenters. The van der Waals surface area contributed by atoms with E-state index in [1.165, 1.54) is 0 Å². The van der Waals surface area contributed by atoms with Gasteiger partial charge in [0.05, 0.1) is 30.0 Å². The molecule has 0 radical (unpaired) electrons. The smallest absolute Gasteiger partial charge is 0.0881 e. The second-order valence-electron chi connectivity index (χ2n) is 3.84. The van der Waals surface area contributed by atoms with Crippen LogP contribution in [0.1, 0.15) is 6.42 Å². The summed E-state index contributed by atoms with van der Waals surface area (Å²) in [5.41, 5.74) is 2.19. The number of benzene rings is 1. The van der Waals surface area contributed by atoms with Gasteiger partial charge in [-0.2, -0.15) is 5.10 Å². The molecule has 2 aromatic rings. The van der Waals surface area contributed by atoms with Gasteiger partial charge >= 0.3 is 0 Å². The van der Waals surface area contributed by atoms with Gasteiger partial charge in [0.15, 0.2) is 0 Å². The van der Waals surface area contributed by atoms with E-state index in [-0.39, 0.29) is 0 Å². The van der Waals surface area contributed by atoms with Crippen molar-refractivity contribution in [1.82, 2.24) is 10.2 Å². The molecule has 0 saturated carbocycles. The third kappa shape index (κ3) is 1.57. The zero-order chi connectivity index (χ0) is 10.1. The molecule has 0 bridgehead atoms. The van der Waals surface area contributed by atoms with Crippen molar-refractivity contribution in [3.8, 4) is 0 Å². The van der Waals surface area contributed by atoms with Crippen LogP contribution in [0.2, 0.25) is 0 Å². The van der Waals surface area contributed by atoms with Gasteiger partial charge in [0.25, 0.3) is 0 Å². The van der Waals surface area contributed by atoms with Gasteiger partial charge in [-0.05, 0) is 12.5 Å². The Labute approximate surface area is 87.6 Å². The fraction of sp³-hybridized carbons (Fsp3) is 0.364. The Balaban J connectivity index is 1.92. The monoisotopic (exact) mass is 203 g/mol. The summed E-state index contributed by atoms with van der Waals surface area (Å²) in [5.74, 6) is 0. The Morgan fingerprint density at radius 1 is 1.47 bits per heavy atom. The van der Waals surface area contributed by atoms with Crippen molar-refractivity contribution in [1.29, 1.82) is 0 Å². The molecule has 78 valence electrons. The van der Waals surface area contributed by atoms with E-state index in [1.807, 2.05) is 12.3 Å². The molecule has 15 heavy (non-hydrogen) atoms. The Kier molecular flexibility index (Phi) is 2.07. The number of H-pyrrole nitrogens is 1. The number of anilines is 1. The summed E-state index contributed by atoms with van der Waals surface area (Å²) in [7, 11) is 0. The minimum atomic E-state index is 0.430. The second-order valence-corrected chi connectivity index (χ2v) is 3.84. The molecule has 1 aromatic carbocycles. The molecule has 3 rings (SSSR count). The Bertz CT molecular complexity index is 460. The molecule has 4 nitrogen and oxygen atoms in total. The minimum absolute atomic E-state index is 0.430. The maximum atomic E-state index is 5.33. The second kappa shape index (κ2) is 3.55. The van der Waals surface area contributed by atoms with Crippen LogP contribution in [0.25, 0.3) is 10.9 Å². The lowest BCUT2D eigenvalue weighted by atomic mass is 10.2. The summed E-state index contributed by atoms with van der Waals surface area (Å²) < 4.78 is 5.33. The maximum Gasteiger partial charge on any atom is 0.0881 e. The van der Waals surface area contributed by atoms with Crippen molar-refractivity contribution in [2.45, 2.75) is 12.5 Å². The van der Waals surface area contributed by atoms with Gasteiger partial charge in [-0.1, -0.05) is 12.1 Å². The van der Waals surface area contributed by atoms with E-state index < -0.39 is 0 Å². The fourth-order valence-electron chi connectivity index (χ4n) is 1.96. The number of rotatable bonds is 2. The minimum Gasteiger partial charge on any atom is -0.379 e. The standard InChI is InChI=1S/C11H13N3O/c1-2-8-6-12-14-11(8)10(3-1)13-9-4-5-15-7-9/h1-3,6,9,13H,4-5,7H2,(H,12,14). The van der Waals surface area contributed by atoms with E-state index in [2.05, 4.69) is 27.6 Å².